The van der Waals surface area contributed by atoms with Crippen molar-refractivity contribution in [1.82, 2.24) is 16.0 Å². The Morgan fingerprint density at radius 3 is 2.27 bits per heavy atom. The van der Waals surface area contributed by atoms with Crippen LogP contribution in [0, 0.1) is 12.3 Å². The molecule has 3 amide bonds. The lowest BCUT2D eigenvalue weighted by Crippen LogP contribution is -2.53. The molecular formula is C33H36N6O6. The summed E-state index contributed by atoms with van der Waals surface area (Å²) in [4.78, 5) is 51.7. The van der Waals surface area contributed by atoms with Gasteiger partial charge in [-0.05, 0) is 48.6 Å². The van der Waals surface area contributed by atoms with Crippen LogP contribution in [0.5, 0.6) is 0 Å². The van der Waals surface area contributed by atoms with E-state index in [1.165, 1.54) is 6.07 Å². The highest BCUT2D eigenvalue weighted by Crippen LogP contribution is 2.21. The van der Waals surface area contributed by atoms with Crippen molar-refractivity contribution in [1.29, 1.82) is 5.41 Å². The molecule has 0 fully saturated rings. The van der Waals surface area contributed by atoms with Gasteiger partial charge in [-0.3, -0.25) is 15.0 Å². The molecule has 4 aromatic rings. The number of anilines is 1. The Kier molecular flexibility index (Phi) is 11.3. The second kappa shape index (κ2) is 15.7. The van der Waals surface area contributed by atoms with Crippen LogP contribution in [0.25, 0.3) is 11.0 Å². The molecule has 2 atom stereocenters. The number of hydrogen-bond donors (Lipinski definition) is 6. The largest absolute Gasteiger partial charge is 0.445 e. The first-order chi connectivity index (χ1) is 21.7. The van der Waals surface area contributed by atoms with E-state index in [2.05, 4.69) is 21.3 Å². The third kappa shape index (κ3) is 9.95. The van der Waals surface area contributed by atoms with Crippen molar-refractivity contribution in [3.63, 3.8) is 0 Å². The summed E-state index contributed by atoms with van der Waals surface area (Å²) in [7, 11) is 0. The fourth-order valence-electron chi connectivity index (χ4n) is 4.67. The molecule has 0 aliphatic carbocycles. The monoisotopic (exact) mass is 612 g/mol. The average molecular weight is 613 g/mol. The molecular weight excluding hydrogens is 576 g/mol. The molecule has 0 bridgehead atoms. The third-order valence-corrected chi connectivity index (χ3v) is 6.94. The minimum atomic E-state index is -1.06. The molecule has 4 rings (SSSR count). The van der Waals surface area contributed by atoms with Gasteiger partial charge in [0.15, 0.2) is 5.96 Å². The highest BCUT2D eigenvalue weighted by molar-refractivity contribution is 5.99. The summed E-state index contributed by atoms with van der Waals surface area (Å²) < 4.78 is 10.6. The molecule has 234 valence electrons. The Hall–Kier alpha value is -5.65. The predicted octanol–water partition coefficient (Wildman–Crippen LogP) is 3.33. The van der Waals surface area contributed by atoms with Crippen molar-refractivity contribution >= 4 is 40.5 Å². The van der Waals surface area contributed by atoms with Crippen LogP contribution >= 0.6 is 0 Å². The molecule has 0 unspecified atom stereocenters. The number of guanidine groups is 1. The van der Waals surface area contributed by atoms with Crippen molar-refractivity contribution in [2.75, 3.05) is 11.9 Å². The zero-order chi connectivity index (χ0) is 32.2. The number of nitrogens with one attached hydrogen (secondary N) is 5. The van der Waals surface area contributed by atoms with Crippen molar-refractivity contribution in [3.8, 4) is 0 Å². The predicted molar refractivity (Wildman–Crippen MR) is 171 cm³/mol. The molecule has 12 nitrogen and oxygen atoms in total. The van der Waals surface area contributed by atoms with E-state index < -0.39 is 35.6 Å². The molecule has 0 spiro atoms. The quantitative estimate of drug-likeness (QED) is 0.0574. The van der Waals surface area contributed by atoms with Gasteiger partial charge in [0.05, 0.1) is 0 Å². The number of rotatable bonds is 13. The van der Waals surface area contributed by atoms with Gasteiger partial charge < -0.3 is 36.2 Å². The van der Waals surface area contributed by atoms with Crippen LogP contribution in [0.15, 0.2) is 94.1 Å². The SMILES string of the molecule is Cc1cc(=O)oc2cc(NC(=O)[C@H](CCCNC(=N)N)NC(=O)[C@H](Cc3ccccc3)NC(=O)OCc3ccccc3)ccc12. The summed E-state index contributed by atoms with van der Waals surface area (Å²) in [5.74, 6) is -1.32. The molecule has 7 N–H and O–H groups in total. The highest BCUT2D eigenvalue weighted by Gasteiger charge is 2.27. The van der Waals surface area contributed by atoms with E-state index in [4.69, 9.17) is 20.3 Å². The molecule has 45 heavy (non-hydrogen) atoms. The maximum absolute atomic E-state index is 13.6. The number of carbonyl (C=O) groups is 3. The Morgan fingerprint density at radius 2 is 1.58 bits per heavy atom. The van der Waals surface area contributed by atoms with Gasteiger partial charge in [0.25, 0.3) is 0 Å². The Morgan fingerprint density at radius 1 is 0.889 bits per heavy atom. The van der Waals surface area contributed by atoms with Crippen LogP contribution in [-0.2, 0) is 27.4 Å². The molecule has 12 heteroatoms. The van der Waals surface area contributed by atoms with Crippen LogP contribution in [0.3, 0.4) is 0 Å². The van der Waals surface area contributed by atoms with Gasteiger partial charge in [-0.1, -0.05) is 60.7 Å². The third-order valence-electron chi connectivity index (χ3n) is 6.94. The maximum atomic E-state index is 13.6. The lowest BCUT2D eigenvalue weighted by molar-refractivity contribution is -0.128. The number of carbonyl (C=O) groups excluding carboxylic acids is 3. The molecule has 0 radical (unpaired) electrons. The number of hydrogen-bond acceptors (Lipinski definition) is 7. The smallest absolute Gasteiger partial charge is 0.408 e. The van der Waals surface area contributed by atoms with Gasteiger partial charge in [0.2, 0.25) is 11.8 Å². The van der Waals surface area contributed by atoms with Crippen LogP contribution < -0.4 is 32.6 Å². The first-order valence-corrected chi connectivity index (χ1v) is 14.4. The van der Waals surface area contributed by atoms with E-state index >= 15 is 0 Å². The molecule has 0 saturated carbocycles. The minimum absolute atomic E-state index is 0.0198. The van der Waals surface area contributed by atoms with Crippen molar-refractivity contribution in [2.24, 2.45) is 5.73 Å². The molecule has 3 aromatic carbocycles. The van der Waals surface area contributed by atoms with Gasteiger partial charge in [0, 0.05) is 36.2 Å². The molecule has 0 aliphatic heterocycles. The lowest BCUT2D eigenvalue weighted by atomic mass is 10.0. The van der Waals surface area contributed by atoms with E-state index in [1.54, 1.807) is 25.1 Å². The van der Waals surface area contributed by atoms with Crippen LogP contribution in [0.2, 0.25) is 0 Å². The molecule has 0 aliphatic rings. The maximum Gasteiger partial charge on any atom is 0.408 e. The first kappa shape index (κ1) is 32.3. The van der Waals surface area contributed by atoms with Crippen molar-refractivity contribution < 1.29 is 23.5 Å². The average Bonchev–Trinajstić information content (AvgIpc) is 3.01. The summed E-state index contributed by atoms with van der Waals surface area (Å²) in [6.07, 6.45) is -0.0545. The number of aryl methyl sites for hydroxylation is 1. The van der Waals surface area contributed by atoms with Gasteiger partial charge in [-0.25, -0.2) is 9.59 Å². The van der Waals surface area contributed by atoms with Gasteiger partial charge in [-0.2, -0.15) is 0 Å². The fourth-order valence-corrected chi connectivity index (χ4v) is 4.67. The van der Waals surface area contributed by atoms with Crippen LogP contribution in [0.4, 0.5) is 10.5 Å². The molecule has 1 aromatic heterocycles. The van der Waals surface area contributed by atoms with E-state index in [0.29, 0.717) is 24.2 Å². The second-order valence-corrected chi connectivity index (χ2v) is 10.4. The van der Waals surface area contributed by atoms with Crippen LogP contribution in [-0.4, -0.2) is 42.5 Å². The van der Waals surface area contributed by atoms with E-state index in [0.717, 1.165) is 22.1 Å². The summed E-state index contributed by atoms with van der Waals surface area (Å²) in [5, 5.41) is 19.0. The number of benzene rings is 3. The Labute approximate surface area is 259 Å². The first-order valence-electron chi connectivity index (χ1n) is 14.4. The Balaban J connectivity index is 1.50. The van der Waals surface area contributed by atoms with Gasteiger partial charge in [-0.15, -0.1) is 0 Å². The van der Waals surface area contributed by atoms with E-state index in [9.17, 15) is 19.2 Å². The normalized spacial score (nSPS) is 12.0. The Bertz CT molecular complexity index is 1690. The van der Waals surface area contributed by atoms with Gasteiger partial charge in [0.1, 0.15) is 24.3 Å². The standard InChI is InChI=1S/C33H36N6O6/c1-21-17-29(40)45-28-19-24(14-15-25(21)28)37-30(41)26(13-8-16-36-32(34)35)38-31(42)27(18-22-9-4-2-5-10-22)39-33(43)44-20-23-11-6-3-7-12-23/h2-7,9-12,14-15,17,19,26-27H,8,13,16,18,20H2,1H3,(H,37,41)(H,38,42)(H,39,43)(H4,34,35,36)/t26-,27-/m0/s1. The summed E-state index contributed by atoms with van der Waals surface area (Å²) >= 11 is 0. The van der Waals surface area contributed by atoms with Gasteiger partial charge >= 0.3 is 11.7 Å². The lowest BCUT2D eigenvalue weighted by Gasteiger charge is -2.23. The number of fused-ring (bicyclic) bond motifs is 1. The zero-order valence-electron chi connectivity index (χ0n) is 24.8. The highest BCUT2D eigenvalue weighted by atomic mass is 16.5. The number of nitrogens with two attached hydrogens (primary N) is 1. The molecule has 0 saturated heterocycles. The number of amides is 3. The summed E-state index contributed by atoms with van der Waals surface area (Å²) in [6.45, 7) is 2.11. The number of alkyl carbamates (subject to hydrolysis) is 1. The summed E-state index contributed by atoms with van der Waals surface area (Å²) in [6, 6.07) is 22.5. The topological polar surface area (TPSA) is 189 Å². The summed E-state index contributed by atoms with van der Waals surface area (Å²) in [5.41, 5.74) is 7.87. The van der Waals surface area contributed by atoms with Crippen LogP contribution in [0.1, 0.15) is 29.5 Å². The molecule has 1 heterocycles. The fraction of sp³-hybridized carbons (Fsp3) is 0.242. The minimum Gasteiger partial charge on any atom is -0.445 e. The zero-order valence-corrected chi connectivity index (χ0v) is 24.8. The second-order valence-electron chi connectivity index (χ2n) is 10.4. The van der Waals surface area contributed by atoms with Crippen molar-refractivity contribution in [3.05, 3.63) is 112 Å². The van der Waals surface area contributed by atoms with Crippen molar-refractivity contribution in [2.45, 2.75) is 44.9 Å². The van der Waals surface area contributed by atoms with E-state index in [1.807, 2.05) is 60.7 Å². The van der Waals surface area contributed by atoms with E-state index in [-0.39, 0.29) is 25.4 Å². The number of ether oxygens (including phenoxy) is 1.